The molecule has 0 radical (unpaired) electrons. The highest BCUT2D eigenvalue weighted by atomic mass is 16.4. The van der Waals surface area contributed by atoms with Crippen molar-refractivity contribution < 1.29 is 15.0 Å². The molecule has 30 heavy (non-hydrogen) atoms. The smallest absolute Gasteiger partial charge is 0.332 e. The van der Waals surface area contributed by atoms with Gasteiger partial charge < -0.3 is 10.2 Å². The van der Waals surface area contributed by atoms with E-state index in [0.29, 0.717) is 6.42 Å². The highest BCUT2D eigenvalue weighted by Gasteiger charge is 2.11. The van der Waals surface area contributed by atoms with Crippen LogP contribution in [0.3, 0.4) is 0 Å². The van der Waals surface area contributed by atoms with E-state index in [-0.39, 0.29) is 0 Å². The van der Waals surface area contributed by atoms with Gasteiger partial charge in [-0.3, -0.25) is 0 Å². The van der Waals surface area contributed by atoms with E-state index >= 15 is 0 Å². The van der Waals surface area contributed by atoms with E-state index in [4.69, 9.17) is 5.11 Å². The van der Waals surface area contributed by atoms with Crippen LogP contribution in [-0.2, 0) is 4.79 Å². The van der Waals surface area contributed by atoms with Gasteiger partial charge in [-0.25, -0.2) is 4.79 Å². The zero-order chi connectivity index (χ0) is 22.1. The van der Waals surface area contributed by atoms with Crippen LogP contribution < -0.4 is 0 Å². The Balaban J connectivity index is 3.04. The molecule has 3 heteroatoms. The molecule has 0 fully saturated rings. The van der Waals surface area contributed by atoms with E-state index < -0.39 is 12.1 Å². The molecule has 180 valence electrons. The van der Waals surface area contributed by atoms with Crippen LogP contribution >= 0.6 is 0 Å². The average Bonchev–Trinajstić information content (AvgIpc) is 2.74. The minimum atomic E-state index is -1.17. The lowest BCUT2D eigenvalue weighted by Crippen LogP contribution is -2.18. The van der Waals surface area contributed by atoms with E-state index in [1.54, 1.807) is 0 Å². The van der Waals surface area contributed by atoms with Crippen molar-refractivity contribution in [2.75, 3.05) is 0 Å². The summed E-state index contributed by atoms with van der Waals surface area (Å²) in [5.74, 6) is -1.09. The van der Waals surface area contributed by atoms with Crippen molar-refractivity contribution >= 4 is 5.97 Å². The predicted molar refractivity (Wildman–Crippen MR) is 130 cm³/mol. The van der Waals surface area contributed by atoms with Gasteiger partial charge in [0.05, 0.1) is 0 Å². The van der Waals surface area contributed by atoms with Crippen LogP contribution in [-0.4, -0.2) is 22.3 Å². The van der Waals surface area contributed by atoms with Crippen LogP contribution in [0.5, 0.6) is 0 Å². The van der Waals surface area contributed by atoms with Crippen LogP contribution in [0.15, 0.2) is 0 Å². The minimum absolute atomic E-state index is 0.397. The number of hydrogen-bond acceptors (Lipinski definition) is 2. The van der Waals surface area contributed by atoms with Gasteiger partial charge in [-0.15, -0.1) is 0 Å². The molecule has 0 amide bonds. The number of unbranched alkanes of at least 4 members (excludes halogenated alkanes) is 22. The maximum atomic E-state index is 10.5. The van der Waals surface area contributed by atoms with Crippen LogP contribution in [0.2, 0.25) is 0 Å². The molecule has 0 aromatic carbocycles. The largest absolute Gasteiger partial charge is 0.479 e. The summed E-state index contributed by atoms with van der Waals surface area (Å²) in [5, 5.41) is 17.8. The molecule has 0 aromatic rings. The zero-order valence-corrected chi connectivity index (χ0v) is 20.4. The first-order valence-corrected chi connectivity index (χ1v) is 13.6. The van der Waals surface area contributed by atoms with Gasteiger partial charge >= 0.3 is 5.97 Å². The lowest BCUT2D eigenvalue weighted by molar-refractivity contribution is -0.146. The molecule has 0 aliphatic carbocycles. The second-order valence-corrected chi connectivity index (χ2v) is 9.42. The molecule has 0 saturated carbocycles. The van der Waals surface area contributed by atoms with E-state index in [9.17, 15) is 9.90 Å². The normalized spacial score (nSPS) is 12.3. The van der Waals surface area contributed by atoms with Crippen molar-refractivity contribution in [2.45, 2.75) is 167 Å². The Morgan fingerprint density at radius 2 is 0.733 bits per heavy atom. The van der Waals surface area contributed by atoms with Gasteiger partial charge in [-0.1, -0.05) is 155 Å². The van der Waals surface area contributed by atoms with Crippen molar-refractivity contribution in [3.05, 3.63) is 0 Å². The van der Waals surface area contributed by atoms with Crippen LogP contribution in [0.4, 0.5) is 0 Å². The molecular weight excluding hydrogens is 372 g/mol. The van der Waals surface area contributed by atoms with E-state index in [2.05, 4.69) is 6.92 Å². The van der Waals surface area contributed by atoms with Crippen molar-refractivity contribution in [1.29, 1.82) is 0 Å². The fraction of sp³-hybridized carbons (Fsp3) is 0.963. The predicted octanol–water partition coefficient (Wildman–Crippen LogP) is 8.81. The summed E-state index contributed by atoms with van der Waals surface area (Å²) in [7, 11) is 0. The Morgan fingerprint density at radius 1 is 0.500 bits per heavy atom. The van der Waals surface area contributed by atoms with Crippen LogP contribution in [0.1, 0.15) is 161 Å². The highest BCUT2D eigenvalue weighted by Crippen LogP contribution is 2.15. The number of aliphatic carboxylic acids is 1. The Hall–Kier alpha value is -0.570. The Labute approximate surface area is 188 Å². The Kier molecular flexibility index (Phi) is 24.2. The molecule has 0 bridgehead atoms. The number of carbonyl (C=O) groups is 1. The molecule has 0 heterocycles. The molecule has 3 nitrogen and oxygen atoms in total. The maximum absolute atomic E-state index is 10.5. The quantitative estimate of drug-likeness (QED) is 0.143. The van der Waals surface area contributed by atoms with Crippen molar-refractivity contribution in [1.82, 2.24) is 0 Å². The molecule has 0 aliphatic heterocycles. The summed E-state index contributed by atoms with van der Waals surface area (Å²) < 4.78 is 0. The summed E-state index contributed by atoms with van der Waals surface area (Å²) in [5.41, 5.74) is 0. The maximum Gasteiger partial charge on any atom is 0.332 e. The Morgan fingerprint density at radius 3 is 0.967 bits per heavy atom. The summed E-state index contributed by atoms with van der Waals surface area (Å²) in [4.78, 5) is 10.5. The zero-order valence-electron chi connectivity index (χ0n) is 20.4. The third-order valence-electron chi connectivity index (χ3n) is 6.37. The standard InChI is InChI=1S/C27H54O3/c1-2-3-4-5-6-7-8-9-10-11-12-13-14-15-16-17-18-19-20-21-22-23-24-25-26(28)27(29)30/h26,28H,2-25H2,1H3,(H,29,30). The monoisotopic (exact) mass is 426 g/mol. The van der Waals surface area contributed by atoms with Gasteiger partial charge in [0, 0.05) is 0 Å². The SMILES string of the molecule is CCCCCCCCCCCCCCCCCCCCCCCCCC(O)C(=O)O. The Bertz CT molecular complexity index is 343. The molecule has 0 saturated heterocycles. The second kappa shape index (κ2) is 24.7. The number of aliphatic hydroxyl groups is 1. The molecule has 0 aromatic heterocycles. The van der Waals surface area contributed by atoms with E-state index in [1.807, 2.05) is 0 Å². The third kappa shape index (κ3) is 23.7. The van der Waals surface area contributed by atoms with E-state index in [0.717, 1.165) is 12.8 Å². The second-order valence-electron chi connectivity index (χ2n) is 9.42. The first kappa shape index (κ1) is 29.4. The van der Waals surface area contributed by atoms with Gasteiger partial charge in [0.25, 0.3) is 0 Å². The molecule has 0 aliphatic rings. The number of rotatable bonds is 25. The van der Waals surface area contributed by atoms with Gasteiger partial charge in [0.1, 0.15) is 0 Å². The lowest BCUT2D eigenvalue weighted by atomic mass is 10.0. The molecule has 1 atom stereocenters. The van der Waals surface area contributed by atoms with Gasteiger partial charge in [0.15, 0.2) is 6.10 Å². The molecular formula is C27H54O3. The summed E-state index contributed by atoms with van der Waals surface area (Å²) in [6.07, 6.45) is 30.5. The molecule has 2 N–H and O–H groups in total. The van der Waals surface area contributed by atoms with E-state index in [1.165, 1.54) is 135 Å². The number of carboxylic acids is 1. The van der Waals surface area contributed by atoms with Gasteiger partial charge in [0.2, 0.25) is 0 Å². The summed E-state index contributed by atoms with van der Waals surface area (Å²) >= 11 is 0. The lowest BCUT2D eigenvalue weighted by Gasteiger charge is -2.05. The van der Waals surface area contributed by atoms with Crippen molar-refractivity contribution in [2.24, 2.45) is 0 Å². The fourth-order valence-electron chi connectivity index (χ4n) is 4.25. The highest BCUT2D eigenvalue weighted by molar-refractivity contribution is 5.71. The molecule has 1 unspecified atom stereocenters. The topological polar surface area (TPSA) is 57.5 Å². The van der Waals surface area contributed by atoms with Crippen LogP contribution in [0, 0.1) is 0 Å². The summed E-state index contributed by atoms with van der Waals surface area (Å²) in [6, 6.07) is 0. The van der Waals surface area contributed by atoms with Crippen molar-refractivity contribution in [3.8, 4) is 0 Å². The fourth-order valence-corrected chi connectivity index (χ4v) is 4.25. The third-order valence-corrected chi connectivity index (χ3v) is 6.37. The van der Waals surface area contributed by atoms with Gasteiger partial charge in [-0.05, 0) is 6.42 Å². The molecule has 0 rings (SSSR count). The number of aliphatic hydroxyl groups excluding tert-OH is 1. The van der Waals surface area contributed by atoms with Crippen LogP contribution in [0.25, 0.3) is 0 Å². The molecule has 0 spiro atoms. The average molecular weight is 427 g/mol. The summed E-state index contributed by atoms with van der Waals surface area (Å²) in [6.45, 7) is 2.29. The minimum Gasteiger partial charge on any atom is -0.479 e. The first-order chi connectivity index (χ1) is 14.7. The first-order valence-electron chi connectivity index (χ1n) is 13.6. The van der Waals surface area contributed by atoms with Gasteiger partial charge in [-0.2, -0.15) is 0 Å². The number of carboxylic acid groups (broad SMARTS) is 1. The number of hydrogen-bond donors (Lipinski definition) is 2. The van der Waals surface area contributed by atoms with Crippen molar-refractivity contribution in [3.63, 3.8) is 0 Å².